The first-order chi connectivity index (χ1) is 5.92. The van der Waals surface area contributed by atoms with Crippen molar-refractivity contribution in [2.24, 2.45) is 4.99 Å². The van der Waals surface area contributed by atoms with Gasteiger partial charge >= 0.3 is 0 Å². The fraction of sp³-hybridized carbons (Fsp3) is 0.182. The zero-order chi connectivity index (χ0) is 8.39. The van der Waals surface area contributed by atoms with Gasteiger partial charge in [0.15, 0.2) is 0 Å². The van der Waals surface area contributed by atoms with Gasteiger partial charge in [0.05, 0.1) is 5.70 Å². The summed E-state index contributed by atoms with van der Waals surface area (Å²) in [6, 6.07) is 10.3. The Morgan fingerprint density at radius 1 is 1.17 bits per heavy atom. The van der Waals surface area contributed by atoms with Gasteiger partial charge in [-0.2, -0.15) is 0 Å². The third-order valence-corrected chi connectivity index (χ3v) is 2.08. The van der Waals surface area contributed by atoms with E-state index >= 15 is 0 Å². The highest BCUT2D eigenvalue weighted by Gasteiger charge is 2.10. The van der Waals surface area contributed by atoms with Gasteiger partial charge in [0.25, 0.3) is 0 Å². The van der Waals surface area contributed by atoms with E-state index in [1.54, 1.807) is 0 Å². The van der Waals surface area contributed by atoms with Gasteiger partial charge in [-0.15, -0.1) is 0 Å². The van der Waals surface area contributed by atoms with Gasteiger partial charge in [0.2, 0.25) is 0 Å². The Hall–Kier alpha value is -1.37. The lowest BCUT2D eigenvalue weighted by Gasteiger charge is -2.13. The number of nitrogens with zero attached hydrogens (tertiary/aromatic N) is 1. The lowest BCUT2D eigenvalue weighted by atomic mass is 10.0. The van der Waals surface area contributed by atoms with Crippen molar-refractivity contribution >= 4 is 11.9 Å². The van der Waals surface area contributed by atoms with E-state index in [0.717, 1.165) is 12.1 Å². The summed E-state index contributed by atoms with van der Waals surface area (Å²) in [5.41, 5.74) is 3.76. The largest absolute Gasteiger partial charge is 0.256 e. The second-order valence-corrected chi connectivity index (χ2v) is 2.85. The number of rotatable bonds is 2. The normalized spacial score (nSPS) is 14.8. The first-order valence-corrected chi connectivity index (χ1v) is 4.24. The Bertz CT molecular complexity index is 333. The molecule has 1 aliphatic heterocycles. The van der Waals surface area contributed by atoms with Crippen LogP contribution >= 0.6 is 0 Å². The van der Waals surface area contributed by atoms with Gasteiger partial charge in [0, 0.05) is 11.8 Å². The molecule has 1 heterocycles. The number of hydrogen-bond donors (Lipinski definition) is 0. The van der Waals surface area contributed by atoms with Crippen molar-refractivity contribution in [2.45, 2.75) is 13.3 Å². The number of aliphatic imine (C=N–C) groups is 1. The molecule has 0 fully saturated rings. The van der Waals surface area contributed by atoms with Crippen LogP contribution in [0.15, 0.2) is 40.9 Å². The van der Waals surface area contributed by atoms with Gasteiger partial charge in [-0.25, -0.2) is 0 Å². The molecule has 0 bridgehead atoms. The molecule has 1 aromatic carbocycles. The van der Waals surface area contributed by atoms with Crippen LogP contribution in [-0.4, -0.2) is 6.21 Å². The van der Waals surface area contributed by atoms with Crippen molar-refractivity contribution in [3.63, 3.8) is 0 Å². The van der Waals surface area contributed by atoms with Crippen molar-refractivity contribution in [2.75, 3.05) is 0 Å². The van der Waals surface area contributed by atoms with Crippen LogP contribution in [0.2, 0.25) is 0 Å². The molecule has 0 aromatic heterocycles. The van der Waals surface area contributed by atoms with E-state index in [1.165, 1.54) is 11.1 Å². The molecule has 1 aliphatic rings. The molecule has 0 amide bonds. The SMILES string of the molecule is CCC1=C(c2ccccc2)N=C1. The molecule has 2 rings (SSSR count). The fourth-order valence-electron chi connectivity index (χ4n) is 1.34. The van der Waals surface area contributed by atoms with Crippen LogP contribution in [-0.2, 0) is 0 Å². The van der Waals surface area contributed by atoms with Crippen molar-refractivity contribution in [1.82, 2.24) is 0 Å². The minimum atomic E-state index is 1.08. The summed E-state index contributed by atoms with van der Waals surface area (Å²) in [5.74, 6) is 0. The molecular weight excluding hydrogens is 146 g/mol. The summed E-state index contributed by atoms with van der Waals surface area (Å²) in [6.07, 6.45) is 3.02. The Labute approximate surface area is 72.5 Å². The monoisotopic (exact) mass is 157 g/mol. The second-order valence-electron chi connectivity index (χ2n) is 2.85. The molecule has 12 heavy (non-hydrogen) atoms. The Balaban J connectivity index is 2.33. The van der Waals surface area contributed by atoms with E-state index in [1.807, 2.05) is 24.4 Å². The number of benzene rings is 1. The number of allylic oxidation sites excluding steroid dienone is 1. The molecule has 1 nitrogen and oxygen atoms in total. The van der Waals surface area contributed by atoms with Gasteiger partial charge in [-0.1, -0.05) is 37.3 Å². The molecule has 0 atom stereocenters. The van der Waals surface area contributed by atoms with Crippen LogP contribution in [0, 0.1) is 0 Å². The zero-order valence-corrected chi connectivity index (χ0v) is 7.12. The molecule has 0 spiro atoms. The first kappa shape index (κ1) is 7.29. The van der Waals surface area contributed by atoms with E-state index in [2.05, 4.69) is 24.0 Å². The van der Waals surface area contributed by atoms with Gasteiger partial charge in [-0.3, -0.25) is 4.99 Å². The topological polar surface area (TPSA) is 12.4 Å². The van der Waals surface area contributed by atoms with Crippen LogP contribution < -0.4 is 0 Å². The first-order valence-electron chi connectivity index (χ1n) is 4.24. The van der Waals surface area contributed by atoms with E-state index < -0.39 is 0 Å². The summed E-state index contributed by atoms with van der Waals surface area (Å²) in [4.78, 5) is 4.25. The molecule has 0 aliphatic carbocycles. The Morgan fingerprint density at radius 2 is 1.92 bits per heavy atom. The van der Waals surface area contributed by atoms with Crippen LogP contribution in [0.5, 0.6) is 0 Å². The third-order valence-electron chi connectivity index (χ3n) is 2.08. The maximum atomic E-state index is 4.25. The van der Waals surface area contributed by atoms with Gasteiger partial charge < -0.3 is 0 Å². The van der Waals surface area contributed by atoms with E-state index in [0.29, 0.717) is 0 Å². The summed E-state index contributed by atoms with van der Waals surface area (Å²) in [5, 5.41) is 0. The van der Waals surface area contributed by atoms with Crippen molar-refractivity contribution in [1.29, 1.82) is 0 Å². The lowest BCUT2D eigenvalue weighted by Crippen LogP contribution is -1.99. The average molecular weight is 157 g/mol. The molecule has 1 aromatic rings. The van der Waals surface area contributed by atoms with Gasteiger partial charge in [0.1, 0.15) is 0 Å². The number of hydrogen-bond acceptors (Lipinski definition) is 1. The maximum Gasteiger partial charge on any atom is 0.0749 e. The molecule has 60 valence electrons. The predicted molar refractivity (Wildman–Crippen MR) is 52.1 cm³/mol. The second kappa shape index (κ2) is 2.94. The van der Waals surface area contributed by atoms with Crippen LogP contribution in [0.3, 0.4) is 0 Å². The minimum absolute atomic E-state index is 1.08. The molecule has 0 radical (unpaired) electrons. The summed E-state index contributed by atoms with van der Waals surface area (Å²) >= 11 is 0. The molecule has 0 saturated carbocycles. The van der Waals surface area contributed by atoms with Crippen molar-refractivity contribution < 1.29 is 0 Å². The quantitative estimate of drug-likeness (QED) is 0.626. The maximum absolute atomic E-state index is 4.25. The fourth-order valence-corrected chi connectivity index (χ4v) is 1.34. The van der Waals surface area contributed by atoms with E-state index in [-0.39, 0.29) is 0 Å². The summed E-state index contributed by atoms with van der Waals surface area (Å²) in [7, 11) is 0. The van der Waals surface area contributed by atoms with Crippen molar-refractivity contribution in [3.8, 4) is 0 Å². The van der Waals surface area contributed by atoms with Crippen LogP contribution in [0.25, 0.3) is 5.70 Å². The van der Waals surface area contributed by atoms with Crippen LogP contribution in [0.1, 0.15) is 18.9 Å². The van der Waals surface area contributed by atoms with E-state index in [9.17, 15) is 0 Å². The molecule has 0 N–H and O–H groups in total. The summed E-state index contributed by atoms with van der Waals surface area (Å²) < 4.78 is 0. The standard InChI is InChI=1S/C11H11N/c1-2-9-8-12-11(9)10-6-4-3-5-7-10/h3-8H,2H2,1H3. The molecule has 1 heteroatoms. The van der Waals surface area contributed by atoms with E-state index in [4.69, 9.17) is 0 Å². The highest BCUT2D eigenvalue weighted by molar-refractivity contribution is 6.01. The third kappa shape index (κ3) is 1.07. The zero-order valence-electron chi connectivity index (χ0n) is 7.12. The molecule has 0 saturated heterocycles. The van der Waals surface area contributed by atoms with Crippen molar-refractivity contribution in [3.05, 3.63) is 41.5 Å². The summed E-state index contributed by atoms with van der Waals surface area (Å²) in [6.45, 7) is 2.16. The Morgan fingerprint density at radius 3 is 2.42 bits per heavy atom. The average Bonchev–Trinajstić information content (AvgIpc) is 2.05. The Kier molecular flexibility index (Phi) is 1.78. The predicted octanol–water partition coefficient (Wildman–Crippen LogP) is 2.89. The smallest absolute Gasteiger partial charge is 0.0749 e. The lowest BCUT2D eigenvalue weighted by molar-refractivity contribution is 1.15. The molecular formula is C11H11N. The minimum Gasteiger partial charge on any atom is -0.256 e. The molecule has 0 unspecified atom stereocenters. The van der Waals surface area contributed by atoms with Crippen LogP contribution in [0.4, 0.5) is 0 Å². The highest BCUT2D eigenvalue weighted by atomic mass is 14.8. The van der Waals surface area contributed by atoms with Gasteiger partial charge in [-0.05, 0) is 12.0 Å². The highest BCUT2D eigenvalue weighted by Crippen LogP contribution is 2.26.